The van der Waals surface area contributed by atoms with Gasteiger partial charge in [0.25, 0.3) is 6.47 Å². The Balaban J connectivity index is 1.64. The van der Waals surface area contributed by atoms with Crippen molar-refractivity contribution in [2.45, 2.75) is 5.41 Å². The Kier molecular flexibility index (Phi) is 6.51. The number of rotatable bonds is 10. The highest BCUT2D eigenvalue weighted by molar-refractivity contribution is 5.86. The first-order chi connectivity index (χ1) is 17.3. The smallest absolute Gasteiger partial charge is 0.293 e. The molecule has 0 atom stereocenters. The third kappa shape index (κ3) is 4.04. The van der Waals surface area contributed by atoms with Gasteiger partial charge in [0.05, 0.1) is 12.0 Å². The number of aliphatic hydroxyl groups is 1. The highest BCUT2D eigenvalue weighted by atomic mass is 16.5. The SMILES string of the molecule is O=COCCOc1ccc(C2(c3ccc(OCCO)cc3)c3ccccc3-c3ccccc32)cc1. The molecule has 5 rings (SSSR count). The molecule has 0 fully saturated rings. The Morgan fingerprint density at radius 2 is 1.11 bits per heavy atom. The molecule has 5 heteroatoms. The third-order valence-electron chi connectivity index (χ3n) is 6.42. The van der Waals surface area contributed by atoms with Crippen LogP contribution >= 0.6 is 0 Å². The van der Waals surface area contributed by atoms with Crippen LogP contribution in [0.5, 0.6) is 11.5 Å². The quantitative estimate of drug-likeness (QED) is 0.233. The molecule has 0 saturated heterocycles. The highest BCUT2D eigenvalue weighted by Crippen LogP contribution is 2.56. The number of aliphatic hydroxyl groups excluding tert-OH is 1. The van der Waals surface area contributed by atoms with Crippen molar-refractivity contribution in [3.63, 3.8) is 0 Å². The maximum atomic E-state index is 10.4. The number of carbonyl (C=O) groups is 1. The molecule has 1 N–H and O–H groups in total. The molecule has 0 heterocycles. The van der Waals surface area contributed by atoms with E-state index in [0.29, 0.717) is 18.8 Å². The second-order valence-corrected chi connectivity index (χ2v) is 8.28. The first-order valence-corrected chi connectivity index (χ1v) is 11.6. The lowest BCUT2D eigenvalue weighted by Gasteiger charge is -2.34. The van der Waals surface area contributed by atoms with Gasteiger partial charge in [0.1, 0.15) is 31.3 Å². The van der Waals surface area contributed by atoms with Crippen LogP contribution in [0.3, 0.4) is 0 Å². The summed E-state index contributed by atoms with van der Waals surface area (Å²) in [5.41, 5.74) is 6.61. The van der Waals surface area contributed by atoms with Gasteiger partial charge in [0, 0.05) is 0 Å². The molecule has 0 bridgehead atoms. The predicted molar refractivity (Wildman–Crippen MR) is 134 cm³/mol. The zero-order valence-electron chi connectivity index (χ0n) is 19.2. The topological polar surface area (TPSA) is 65.0 Å². The van der Waals surface area contributed by atoms with Gasteiger partial charge in [-0.2, -0.15) is 0 Å². The lowest BCUT2D eigenvalue weighted by atomic mass is 9.68. The molecule has 4 aromatic rings. The Morgan fingerprint density at radius 3 is 1.60 bits per heavy atom. The number of fused-ring (bicyclic) bond motifs is 3. The van der Waals surface area contributed by atoms with Gasteiger partial charge in [-0.15, -0.1) is 0 Å². The molecule has 0 aliphatic heterocycles. The number of hydrogen-bond donors (Lipinski definition) is 1. The van der Waals surface area contributed by atoms with Crippen LogP contribution in [0.2, 0.25) is 0 Å². The molecule has 0 saturated carbocycles. The van der Waals surface area contributed by atoms with E-state index in [-0.39, 0.29) is 19.8 Å². The summed E-state index contributed by atoms with van der Waals surface area (Å²) in [4.78, 5) is 10.4. The molecule has 176 valence electrons. The average Bonchev–Trinajstić information content (AvgIpc) is 3.22. The van der Waals surface area contributed by atoms with Crippen LogP contribution in [0, 0.1) is 0 Å². The van der Waals surface area contributed by atoms with E-state index < -0.39 is 5.41 Å². The monoisotopic (exact) mass is 466 g/mol. The van der Waals surface area contributed by atoms with E-state index in [4.69, 9.17) is 19.3 Å². The summed E-state index contributed by atoms with van der Waals surface area (Å²) in [5.74, 6) is 1.43. The fraction of sp³-hybridized carbons (Fsp3) is 0.167. The molecule has 1 aliphatic rings. The van der Waals surface area contributed by atoms with Crippen molar-refractivity contribution in [2.75, 3.05) is 26.4 Å². The van der Waals surface area contributed by atoms with Crippen molar-refractivity contribution in [1.29, 1.82) is 0 Å². The van der Waals surface area contributed by atoms with Crippen LogP contribution in [-0.2, 0) is 14.9 Å². The van der Waals surface area contributed by atoms with E-state index in [1.165, 1.54) is 22.3 Å². The zero-order valence-corrected chi connectivity index (χ0v) is 19.2. The van der Waals surface area contributed by atoms with Crippen molar-refractivity contribution >= 4 is 6.47 Å². The van der Waals surface area contributed by atoms with Crippen LogP contribution < -0.4 is 9.47 Å². The van der Waals surface area contributed by atoms with E-state index in [0.717, 1.165) is 16.9 Å². The molecule has 1 aliphatic carbocycles. The molecule has 35 heavy (non-hydrogen) atoms. The number of hydrogen-bond acceptors (Lipinski definition) is 5. The maximum absolute atomic E-state index is 10.4. The predicted octanol–water partition coefficient (Wildman–Crippen LogP) is 4.97. The van der Waals surface area contributed by atoms with Crippen LogP contribution in [0.1, 0.15) is 22.3 Å². The molecule has 0 amide bonds. The second kappa shape index (κ2) is 10.0. The summed E-state index contributed by atoms with van der Waals surface area (Å²) >= 11 is 0. The average molecular weight is 467 g/mol. The van der Waals surface area contributed by atoms with E-state index in [1.54, 1.807) is 0 Å². The fourth-order valence-electron chi connectivity index (χ4n) is 5.05. The minimum atomic E-state index is -0.512. The van der Waals surface area contributed by atoms with E-state index in [9.17, 15) is 4.79 Å². The molecular formula is C30H26O5. The zero-order chi connectivity index (χ0) is 24.1. The van der Waals surface area contributed by atoms with Gasteiger partial charge in [-0.05, 0) is 57.6 Å². The van der Waals surface area contributed by atoms with Crippen LogP contribution in [-0.4, -0.2) is 38.0 Å². The Labute approximate surface area is 204 Å². The van der Waals surface area contributed by atoms with Crippen molar-refractivity contribution in [1.82, 2.24) is 0 Å². The molecule has 0 aromatic heterocycles. The first-order valence-electron chi connectivity index (χ1n) is 11.6. The van der Waals surface area contributed by atoms with Crippen molar-refractivity contribution in [3.05, 3.63) is 119 Å². The minimum Gasteiger partial charge on any atom is -0.491 e. The van der Waals surface area contributed by atoms with Crippen molar-refractivity contribution < 1.29 is 24.1 Å². The van der Waals surface area contributed by atoms with Gasteiger partial charge >= 0.3 is 0 Å². The number of carbonyl (C=O) groups excluding carboxylic acids is 1. The Hall–Kier alpha value is -4.09. The summed E-state index contributed by atoms with van der Waals surface area (Å²) in [6, 6.07) is 33.3. The first kappa shape index (κ1) is 22.7. The fourth-order valence-corrected chi connectivity index (χ4v) is 5.05. The van der Waals surface area contributed by atoms with Crippen LogP contribution in [0.15, 0.2) is 97.1 Å². The van der Waals surface area contributed by atoms with Crippen LogP contribution in [0.25, 0.3) is 11.1 Å². The van der Waals surface area contributed by atoms with Gasteiger partial charge in [-0.3, -0.25) is 4.79 Å². The number of ether oxygens (including phenoxy) is 3. The van der Waals surface area contributed by atoms with Gasteiger partial charge < -0.3 is 19.3 Å². The third-order valence-corrected chi connectivity index (χ3v) is 6.42. The highest BCUT2D eigenvalue weighted by Gasteiger charge is 2.45. The largest absolute Gasteiger partial charge is 0.491 e. The minimum absolute atomic E-state index is 0.0257. The second-order valence-electron chi connectivity index (χ2n) is 8.28. The summed E-state index contributed by atoms with van der Waals surface area (Å²) in [7, 11) is 0. The summed E-state index contributed by atoms with van der Waals surface area (Å²) < 4.78 is 16.1. The standard InChI is InChI=1S/C30H26O5/c31-17-18-34-24-13-9-22(10-14-24)30(23-11-15-25(16-12-23)35-20-19-33-21-32)28-7-3-1-5-26(28)27-6-2-4-8-29(27)30/h1-16,21,31H,17-20H2. The molecule has 5 nitrogen and oxygen atoms in total. The lowest BCUT2D eigenvalue weighted by molar-refractivity contribution is -0.129. The molecule has 4 aromatic carbocycles. The molecular weight excluding hydrogens is 440 g/mol. The number of benzene rings is 4. The summed E-state index contributed by atoms with van der Waals surface area (Å²) in [6.07, 6.45) is 0. The van der Waals surface area contributed by atoms with Gasteiger partial charge in [0.15, 0.2) is 0 Å². The van der Waals surface area contributed by atoms with E-state index in [1.807, 2.05) is 24.3 Å². The summed E-state index contributed by atoms with van der Waals surface area (Å²) in [6.45, 7) is 1.16. The summed E-state index contributed by atoms with van der Waals surface area (Å²) in [5, 5.41) is 9.11. The van der Waals surface area contributed by atoms with Gasteiger partial charge in [-0.1, -0.05) is 72.8 Å². The van der Waals surface area contributed by atoms with Gasteiger partial charge in [0.2, 0.25) is 0 Å². The lowest BCUT2D eigenvalue weighted by Crippen LogP contribution is -2.28. The maximum Gasteiger partial charge on any atom is 0.293 e. The Morgan fingerprint density at radius 1 is 0.629 bits per heavy atom. The Bertz CT molecular complexity index is 1250. The van der Waals surface area contributed by atoms with Gasteiger partial charge in [-0.25, -0.2) is 0 Å². The van der Waals surface area contributed by atoms with E-state index in [2.05, 4.69) is 72.8 Å². The van der Waals surface area contributed by atoms with Crippen molar-refractivity contribution in [3.8, 4) is 22.6 Å². The van der Waals surface area contributed by atoms with Crippen molar-refractivity contribution in [2.24, 2.45) is 0 Å². The van der Waals surface area contributed by atoms with Crippen LogP contribution in [0.4, 0.5) is 0 Å². The molecule has 0 radical (unpaired) electrons. The molecule has 0 unspecified atom stereocenters. The molecule has 0 spiro atoms. The van der Waals surface area contributed by atoms with E-state index >= 15 is 0 Å². The normalized spacial score (nSPS) is 12.9.